The van der Waals surface area contributed by atoms with E-state index in [0.29, 0.717) is 21.8 Å². The Morgan fingerprint density at radius 3 is 2.68 bits per heavy atom. The zero-order chi connectivity index (χ0) is 18.2. The summed E-state index contributed by atoms with van der Waals surface area (Å²) in [6.07, 6.45) is -0.0382. The van der Waals surface area contributed by atoms with E-state index < -0.39 is 6.09 Å². The fraction of sp³-hybridized carbons (Fsp3) is 0.235. The number of amides is 2. The molecule has 2 N–H and O–H groups in total. The number of ether oxygens (including phenoxy) is 1. The molecule has 0 radical (unpaired) electrons. The van der Waals surface area contributed by atoms with Gasteiger partial charge in [-0.1, -0.05) is 36.9 Å². The van der Waals surface area contributed by atoms with Crippen LogP contribution in [0.2, 0.25) is 0 Å². The van der Waals surface area contributed by atoms with Crippen LogP contribution in [0.5, 0.6) is 0 Å². The fourth-order valence-corrected chi connectivity index (χ4v) is 3.23. The van der Waals surface area contributed by atoms with Gasteiger partial charge in [-0.2, -0.15) is 0 Å². The van der Waals surface area contributed by atoms with Crippen LogP contribution in [-0.2, 0) is 11.2 Å². The number of aromatic nitrogens is 1. The summed E-state index contributed by atoms with van der Waals surface area (Å²) in [6.45, 7) is 5.32. The van der Waals surface area contributed by atoms with Crippen LogP contribution in [0.3, 0.4) is 0 Å². The van der Waals surface area contributed by atoms with Crippen LogP contribution >= 0.6 is 27.3 Å². The van der Waals surface area contributed by atoms with Gasteiger partial charge in [-0.25, -0.2) is 9.78 Å². The molecule has 1 aromatic heterocycles. The van der Waals surface area contributed by atoms with Crippen LogP contribution in [0.1, 0.15) is 22.3 Å². The standard InChI is InChI=1S/C17H18BrN3O3S/c1-11(2)24-17(23)19-9-13(8-12-6-4-3-5-7-12)20-15(22)16-21-14(18)10-25-16/h3-7,10,13H,1,8-9H2,2H3,(H,19,23)(H,20,22). The van der Waals surface area contributed by atoms with Gasteiger partial charge < -0.3 is 15.4 Å². The second-order valence-corrected chi connectivity index (χ2v) is 6.98. The highest BCUT2D eigenvalue weighted by molar-refractivity contribution is 9.10. The third-order valence-electron chi connectivity index (χ3n) is 3.09. The van der Waals surface area contributed by atoms with Crippen molar-refractivity contribution in [1.29, 1.82) is 0 Å². The summed E-state index contributed by atoms with van der Waals surface area (Å²) < 4.78 is 5.49. The minimum absolute atomic E-state index is 0.222. The molecule has 0 fully saturated rings. The average Bonchev–Trinajstić information content (AvgIpc) is 2.99. The van der Waals surface area contributed by atoms with Crippen molar-refractivity contribution in [2.75, 3.05) is 6.54 Å². The van der Waals surface area contributed by atoms with E-state index in [1.165, 1.54) is 11.3 Å². The molecule has 0 spiro atoms. The van der Waals surface area contributed by atoms with Crippen LogP contribution in [0, 0.1) is 0 Å². The Labute approximate surface area is 158 Å². The summed E-state index contributed by atoms with van der Waals surface area (Å²) in [5.41, 5.74) is 1.04. The molecular weight excluding hydrogens is 406 g/mol. The zero-order valence-electron chi connectivity index (χ0n) is 13.6. The van der Waals surface area contributed by atoms with Crippen LogP contribution in [-0.4, -0.2) is 29.6 Å². The molecule has 0 saturated carbocycles. The molecule has 0 bridgehead atoms. The fourth-order valence-electron chi connectivity index (χ4n) is 2.08. The third kappa shape index (κ3) is 6.67. The van der Waals surface area contributed by atoms with Crippen LogP contribution in [0.15, 0.2) is 52.7 Å². The van der Waals surface area contributed by atoms with Crippen molar-refractivity contribution in [3.63, 3.8) is 0 Å². The van der Waals surface area contributed by atoms with E-state index in [0.717, 1.165) is 5.56 Å². The summed E-state index contributed by atoms with van der Waals surface area (Å²) >= 11 is 4.48. The molecule has 2 rings (SSSR count). The van der Waals surface area contributed by atoms with Crippen molar-refractivity contribution in [2.24, 2.45) is 0 Å². The van der Waals surface area contributed by atoms with Gasteiger partial charge >= 0.3 is 6.09 Å². The number of carbonyl (C=O) groups is 2. The Bertz CT molecular complexity index is 749. The number of rotatable bonds is 7. The molecule has 2 amide bonds. The molecule has 1 heterocycles. The number of carbonyl (C=O) groups excluding carboxylic acids is 2. The molecule has 0 aliphatic carbocycles. The predicted molar refractivity (Wildman–Crippen MR) is 101 cm³/mol. The maximum absolute atomic E-state index is 12.3. The average molecular weight is 424 g/mol. The summed E-state index contributed by atoms with van der Waals surface area (Å²) in [5.74, 6) is 0.0143. The van der Waals surface area contributed by atoms with Gasteiger partial charge in [0.2, 0.25) is 0 Å². The zero-order valence-corrected chi connectivity index (χ0v) is 16.0. The minimum atomic E-state index is -0.600. The number of benzene rings is 1. The Morgan fingerprint density at radius 1 is 1.36 bits per heavy atom. The summed E-state index contributed by atoms with van der Waals surface area (Å²) in [4.78, 5) is 28.1. The third-order valence-corrected chi connectivity index (χ3v) is 4.64. The van der Waals surface area contributed by atoms with E-state index >= 15 is 0 Å². The SMILES string of the molecule is C=C(C)OC(=O)NCC(Cc1ccccc1)NC(=O)c1nc(Br)cs1. The van der Waals surface area contributed by atoms with Gasteiger partial charge in [0.1, 0.15) is 4.60 Å². The first-order valence-corrected chi connectivity index (χ1v) is 9.18. The van der Waals surface area contributed by atoms with Gasteiger partial charge in [0.05, 0.1) is 11.8 Å². The number of nitrogens with zero attached hydrogens (tertiary/aromatic N) is 1. The Balaban J connectivity index is 2.01. The highest BCUT2D eigenvalue weighted by Crippen LogP contribution is 2.15. The smallest absolute Gasteiger partial charge is 0.412 e. The first kappa shape index (κ1) is 19.1. The molecule has 2 aromatic rings. The quantitative estimate of drug-likeness (QED) is 0.667. The lowest BCUT2D eigenvalue weighted by Gasteiger charge is -2.19. The van der Waals surface area contributed by atoms with E-state index in [1.807, 2.05) is 30.3 Å². The summed E-state index contributed by atoms with van der Waals surface area (Å²) in [5, 5.41) is 7.63. The van der Waals surface area contributed by atoms with Gasteiger partial charge in [-0.15, -0.1) is 11.3 Å². The minimum Gasteiger partial charge on any atom is -0.416 e. The van der Waals surface area contributed by atoms with E-state index in [-0.39, 0.29) is 18.5 Å². The van der Waals surface area contributed by atoms with Crippen molar-refractivity contribution in [3.8, 4) is 0 Å². The summed E-state index contributed by atoms with van der Waals surface area (Å²) in [7, 11) is 0. The van der Waals surface area contributed by atoms with Crippen molar-refractivity contribution in [2.45, 2.75) is 19.4 Å². The molecule has 8 heteroatoms. The number of halogens is 1. The largest absolute Gasteiger partial charge is 0.416 e. The highest BCUT2D eigenvalue weighted by atomic mass is 79.9. The lowest BCUT2D eigenvalue weighted by Crippen LogP contribution is -2.45. The highest BCUT2D eigenvalue weighted by Gasteiger charge is 2.18. The molecular formula is C17H18BrN3O3S. The van der Waals surface area contributed by atoms with E-state index in [9.17, 15) is 9.59 Å². The molecule has 1 aromatic carbocycles. The first-order valence-electron chi connectivity index (χ1n) is 7.51. The van der Waals surface area contributed by atoms with Gasteiger partial charge in [0.25, 0.3) is 5.91 Å². The molecule has 0 aliphatic rings. The Kier molecular flexibility index (Phi) is 7.15. The first-order chi connectivity index (χ1) is 11.9. The molecule has 0 saturated heterocycles. The number of allylic oxidation sites excluding steroid dienone is 1. The lowest BCUT2D eigenvalue weighted by molar-refractivity contribution is 0.0934. The molecule has 1 atom stereocenters. The molecule has 25 heavy (non-hydrogen) atoms. The monoisotopic (exact) mass is 423 g/mol. The Hall–Kier alpha value is -2.19. The van der Waals surface area contributed by atoms with Gasteiger partial charge in [-0.3, -0.25) is 4.79 Å². The molecule has 132 valence electrons. The normalized spacial score (nSPS) is 11.4. The molecule has 0 aliphatic heterocycles. The van der Waals surface area contributed by atoms with E-state index in [2.05, 4.69) is 38.1 Å². The van der Waals surface area contributed by atoms with Gasteiger partial charge in [-0.05, 0) is 34.8 Å². The number of thiazole rings is 1. The topological polar surface area (TPSA) is 80.3 Å². The Morgan fingerprint density at radius 2 is 2.08 bits per heavy atom. The van der Waals surface area contributed by atoms with Crippen LogP contribution in [0.25, 0.3) is 0 Å². The van der Waals surface area contributed by atoms with Crippen molar-refractivity contribution in [3.05, 3.63) is 63.2 Å². The maximum atomic E-state index is 12.3. The van der Waals surface area contributed by atoms with Gasteiger partial charge in [0.15, 0.2) is 5.01 Å². The summed E-state index contributed by atoms with van der Waals surface area (Å²) in [6, 6.07) is 9.39. The van der Waals surface area contributed by atoms with Crippen molar-refractivity contribution >= 4 is 39.3 Å². The molecule has 6 nitrogen and oxygen atoms in total. The van der Waals surface area contributed by atoms with Crippen molar-refractivity contribution in [1.82, 2.24) is 15.6 Å². The predicted octanol–water partition coefficient (Wildman–Crippen LogP) is 3.51. The van der Waals surface area contributed by atoms with Crippen LogP contribution < -0.4 is 10.6 Å². The van der Waals surface area contributed by atoms with Crippen LogP contribution in [0.4, 0.5) is 4.79 Å². The number of nitrogens with one attached hydrogen (secondary N) is 2. The second kappa shape index (κ2) is 9.33. The molecule has 1 unspecified atom stereocenters. The number of hydrogen-bond acceptors (Lipinski definition) is 5. The van der Waals surface area contributed by atoms with Gasteiger partial charge in [0, 0.05) is 11.9 Å². The number of hydrogen-bond donors (Lipinski definition) is 2. The van der Waals surface area contributed by atoms with E-state index in [4.69, 9.17) is 4.74 Å². The number of alkyl carbamates (subject to hydrolysis) is 1. The van der Waals surface area contributed by atoms with Crippen molar-refractivity contribution < 1.29 is 14.3 Å². The van der Waals surface area contributed by atoms with E-state index in [1.54, 1.807) is 12.3 Å². The maximum Gasteiger partial charge on any atom is 0.412 e. The lowest BCUT2D eigenvalue weighted by atomic mass is 10.1. The second-order valence-electron chi connectivity index (χ2n) is 5.31.